The van der Waals surface area contributed by atoms with E-state index in [9.17, 15) is 18.0 Å². The van der Waals surface area contributed by atoms with Gasteiger partial charge in [0.2, 0.25) is 5.91 Å². The third-order valence-corrected chi connectivity index (χ3v) is 1.69. The van der Waals surface area contributed by atoms with Crippen LogP contribution in [0.4, 0.5) is 13.2 Å². The topological polar surface area (TPSA) is 56.1 Å². The van der Waals surface area contributed by atoms with Crippen LogP contribution in [0.2, 0.25) is 0 Å². The van der Waals surface area contributed by atoms with Crippen LogP contribution >= 0.6 is 0 Å². The first-order valence-electron chi connectivity index (χ1n) is 4.81. The summed E-state index contributed by atoms with van der Waals surface area (Å²) >= 11 is 0. The van der Waals surface area contributed by atoms with E-state index in [1.807, 2.05) is 13.0 Å². The summed E-state index contributed by atoms with van der Waals surface area (Å²) in [6.07, 6.45) is -3.67. The van der Waals surface area contributed by atoms with E-state index in [1.54, 1.807) is 5.32 Å². The normalized spacial score (nSPS) is 11.2. The van der Waals surface area contributed by atoms with E-state index in [2.05, 4.69) is 0 Å². The molecule has 1 amide bonds. The van der Waals surface area contributed by atoms with Crippen molar-refractivity contribution in [3.8, 4) is 6.07 Å². The van der Waals surface area contributed by atoms with E-state index in [1.165, 1.54) is 4.90 Å². The molecular weight excluding hydrogens is 223 g/mol. The highest BCUT2D eigenvalue weighted by atomic mass is 19.4. The molecule has 0 unspecified atom stereocenters. The van der Waals surface area contributed by atoms with Crippen LogP contribution in [0.5, 0.6) is 0 Å². The second-order valence-corrected chi connectivity index (χ2v) is 3.26. The number of nitrogens with one attached hydrogen (secondary N) is 1. The highest BCUT2D eigenvalue weighted by Gasteiger charge is 2.27. The van der Waals surface area contributed by atoms with Gasteiger partial charge in [-0.3, -0.25) is 9.69 Å². The summed E-state index contributed by atoms with van der Waals surface area (Å²) in [5.74, 6) is -0.721. The molecule has 0 heterocycles. The fourth-order valence-corrected chi connectivity index (χ4v) is 1.09. The number of nitrogens with zero attached hydrogens (tertiary/aromatic N) is 2. The minimum Gasteiger partial charge on any atom is -0.346 e. The lowest BCUT2D eigenvalue weighted by Gasteiger charge is -2.17. The molecule has 0 saturated carbocycles. The first-order chi connectivity index (χ1) is 7.39. The maximum Gasteiger partial charge on any atom is 0.405 e. The number of rotatable bonds is 6. The monoisotopic (exact) mass is 237 g/mol. The van der Waals surface area contributed by atoms with Crippen molar-refractivity contribution in [2.24, 2.45) is 0 Å². The van der Waals surface area contributed by atoms with Gasteiger partial charge >= 0.3 is 6.18 Å². The summed E-state index contributed by atoms with van der Waals surface area (Å²) in [7, 11) is 0. The third kappa shape index (κ3) is 8.05. The molecule has 0 atom stereocenters. The first-order valence-corrected chi connectivity index (χ1v) is 4.81. The molecule has 16 heavy (non-hydrogen) atoms. The smallest absolute Gasteiger partial charge is 0.346 e. The summed E-state index contributed by atoms with van der Waals surface area (Å²) < 4.78 is 35.3. The number of hydrogen-bond acceptors (Lipinski definition) is 3. The SMILES string of the molecule is CCCN(CC#N)CC(=O)NCC(F)(F)F. The van der Waals surface area contributed by atoms with Gasteiger partial charge in [0.15, 0.2) is 0 Å². The van der Waals surface area contributed by atoms with Crippen molar-refractivity contribution >= 4 is 5.91 Å². The number of hydrogen-bond donors (Lipinski definition) is 1. The van der Waals surface area contributed by atoms with Crippen molar-refractivity contribution < 1.29 is 18.0 Å². The molecule has 7 heteroatoms. The number of amides is 1. The van der Waals surface area contributed by atoms with E-state index >= 15 is 0 Å². The van der Waals surface area contributed by atoms with Crippen molar-refractivity contribution in [1.82, 2.24) is 10.2 Å². The molecule has 1 N–H and O–H groups in total. The molecule has 0 rings (SSSR count). The number of carbonyl (C=O) groups excluding carboxylic acids is 1. The Labute approximate surface area is 92.0 Å². The first kappa shape index (κ1) is 14.7. The second kappa shape index (κ2) is 7.06. The molecule has 0 aromatic rings. The maximum absolute atomic E-state index is 11.8. The van der Waals surface area contributed by atoms with Gasteiger partial charge in [0.05, 0.1) is 19.2 Å². The van der Waals surface area contributed by atoms with E-state index < -0.39 is 18.6 Å². The zero-order valence-corrected chi connectivity index (χ0v) is 8.97. The summed E-state index contributed by atoms with van der Waals surface area (Å²) in [4.78, 5) is 12.6. The van der Waals surface area contributed by atoms with E-state index in [0.717, 1.165) is 6.42 Å². The van der Waals surface area contributed by atoms with Gasteiger partial charge < -0.3 is 5.32 Å². The van der Waals surface area contributed by atoms with Gasteiger partial charge in [-0.05, 0) is 13.0 Å². The molecule has 4 nitrogen and oxygen atoms in total. The fraction of sp³-hybridized carbons (Fsp3) is 0.778. The number of alkyl halides is 3. The van der Waals surface area contributed by atoms with Crippen LogP contribution in [-0.4, -0.2) is 43.2 Å². The second-order valence-electron chi connectivity index (χ2n) is 3.26. The highest BCUT2D eigenvalue weighted by molar-refractivity contribution is 5.78. The van der Waals surface area contributed by atoms with Crippen LogP contribution in [0.3, 0.4) is 0 Å². The van der Waals surface area contributed by atoms with Gasteiger partial charge in [-0.2, -0.15) is 18.4 Å². The van der Waals surface area contributed by atoms with Crippen molar-refractivity contribution in [2.45, 2.75) is 19.5 Å². The summed E-state index contributed by atoms with van der Waals surface area (Å²) in [5, 5.41) is 10.2. The predicted molar refractivity (Wildman–Crippen MR) is 51.4 cm³/mol. The van der Waals surface area contributed by atoms with E-state index in [4.69, 9.17) is 5.26 Å². The average molecular weight is 237 g/mol. The molecule has 0 aromatic heterocycles. The standard InChI is InChI=1S/C9H14F3N3O/c1-2-4-15(5-3-13)6-8(16)14-7-9(10,11)12/h2,4-7H2,1H3,(H,14,16). The molecule has 0 bridgehead atoms. The minimum absolute atomic E-state index is 0.0350. The number of halogens is 3. The van der Waals surface area contributed by atoms with Crippen molar-refractivity contribution in [3.63, 3.8) is 0 Å². The maximum atomic E-state index is 11.8. The van der Waals surface area contributed by atoms with Gasteiger partial charge in [0.1, 0.15) is 6.54 Å². The van der Waals surface area contributed by atoms with Crippen LogP contribution in [0.25, 0.3) is 0 Å². The Morgan fingerprint density at radius 2 is 2.12 bits per heavy atom. The van der Waals surface area contributed by atoms with Gasteiger partial charge in [0, 0.05) is 0 Å². The molecule has 0 radical (unpaired) electrons. The zero-order chi connectivity index (χ0) is 12.6. The van der Waals surface area contributed by atoms with Gasteiger partial charge in [-0.15, -0.1) is 0 Å². The molecule has 0 spiro atoms. The van der Waals surface area contributed by atoms with Crippen molar-refractivity contribution in [2.75, 3.05) is 26.2 Å². The molecule has 0 aliphatic heterocycles. The molecule has 92 valence electrons. The van der Waals surface area contributed by atoms with Crippen molar-refractivity contribution in [3.05, 3.63) is 0 Å². The van der Waals surface area contributed by atoms with Gasteiger partial charge in [0.25, 0.3) is 0 Å². The molecular formula is C9H14F3N3O. The lowest BCUT2D eigenvalue weighted by Crippen LogP contribution is -2.41. The number of nitriles is 1. The Balaban J connectivity index is 3.96. The Kier molecular flexibility index (Phi) is 6.49. The molecule has 0 aromatic carbocycles. The Bertz CT molecular complexity index is 260. The summed E-state index contributed by atoms with van der Waals surface area (Å²) in [6.45, 7) is 0.883. The molecule has 0 saturated heterocycles. The Morgan fingerprint density at radius 1 is 1.50 bits per heavy atom. The molecule has 0 fully saturated rings. The summed E-state index contributed by atoms with van der Waals surface area (Å²) in [6, 6.07) is 1.85. The fourth-order valence-electron chi connectivity index (χ4n) is 1.09. The van der Waals surface area contributed by atoms with Crippen LogP contribution in [-0.2, 0) is 4.79 Å². The van der Waals surface area contributed by atoms with E-state index in [-0.39, 0.29) is 13.1 Å². The lowest BCUT2D eigenvalue weighted by molar-refractivity contribution is -0.139. The molecule has 0 aliphatic rings. The van der Waals surface area contributed by atoms with Crippen LogP contribution in [0, 0.1) is 11.3 Å². The van der Waals surface area contributed by atoms with Crippen molar-refractivity contribution in [1.29, 1.82) is 5.26 Å². The molecule has 0 aliphatic carbocycles. The minimum atomic E-state index is -4.40. The Hall–Kier alpha value is -1.29. The zero-order valence-electron chi connectivity index (χ0n) is 8.97. The predicted octanol–water partition coefficient (Wildman–Crippen LogP) is 0.900. The average Bonchev–Trinajstić information content (AvgIpc) is 2.14. The lowest BCUT2D eigenvalue weighted by atomic mass is 10.4. The third-order valence-electron chi connectivity index (χ3n) is 1.69. The quantitative estimate of drug-likeness (QED) is 0.698. The van der Waals surface area contributed by atoms with Gasteiger partial charge in [-0.25, -0.2) is 0 Å². The van der Waals surface area contributed by atoms with Crippen LogP contribution < -0.4 is 5.32 Å². The van der Waals surface area contributed by atoms with E-state index in [0.29, 0.717) is 6.54 Å². The highest BCUT2D eigenvalue weighted by Crippen LogP contribution is 2.11. The number of carbonyl (C=O) groups is 1. The Morgan fingerprint density at radius 3 is 2.56 bits per heavy atom. The van der Waals surface area contributed by atoms with Crippen LogP contribution in [0.1, 0.15) is 13.3 Å². The summed E-state index contributed by atoms with van der Waals surface area (Å²) in [5.41, 5.74) is 0. The van der Waals surface area contributed by atoms with Crippen LogP contribution in [0.15, 0.2) is 0 Å². The van der Waals surface area contributed by atoms with Gasteiger partial charge in [-0.1, -0.05) is 6.92 Å². The largest absolute Gasteiger partial charge is 0.405 e.